The first kappa shape index (κ1) is 24.9. The van der Waals surface area contributed by atoms with Crippen LogP contribution in [0.2, 0.25) is 0 Å². The van der Waals surface area contributed by atoms with Gasteiger partial charge in [0.1, 0.15) is 11.6 Å². The minimum absolute atomic E-state index is 0.135. The number of pyridine rings is 1. The van der Waals surface area contributed by atoms with Crippen LogP contribution in [0, 0.1) is 17.6 Å². The van der Waals surface area contributed by atoms with Crippen LogP contribution in [0.15, 0.2) is 30.6 Å². The van der Waals surface area contributed by atoms with E-state index in [0.717, 1.165) is 18.2 Å². The zero-order valence-corrected chi connectivity index (χ0v) is 19.7. The third-order valence-electron chi connectivity index (χ3n) is 7.61. The van der Waals surface area contributed by atoms with Crippen molar-refractivity contribution in [1.82, 2.24) is 15.6 Å². The lowest BCUT2D eigenvalue weighted by Crippen LogP contribution is -2.52. The second-order valence-electron chi connectivity index (χ2n) is 10.4. The van der Waals surface area contributed by atoms with E-state index in [4.69, 9.17) is 0 Å². The molecule has 1 aromatic heterocycles. The first-order chi connectivity index (χ1) is 16.9. The van der Waals surface area contributed by atoms with Crippen molar-refractivity contribution < 1.29 is 32.6 Å². The zero-order chi connectivity index (χ0) is 25.9. The molecule has 194 valence electrons. The van der Waals surface area contributed by atoms with Gasteiger partial charge < -0.3 is 20.4 Å². The lowest BCUT2D eigenvalue weighted by molar-refractivity contribution is -0.177. The molecule has 3 heterocycles. The zero-order valence-electron chi connectivity index (χ0n) is 19.7. The van der Waals surface area contributed by atoms with Gasteiger partial charge in [-0.15, -0.1) is 0 Å². The van der Waals surface area contributed by atoms with Crippen LogP contribution in [0.1, 0.15) is 49.4 Å². The van der Waals surface area contributed by atoms with Gasteiger partial charge in [-0.05, 0) is 43.4 Å². The number of hydrogen-bond donors (Lipinski definition) is 4. The Morgan fingerprint density at radius 1 is 1.14 bits per heavy atom. The Morgan fingerprint density at radius 2 is 1.83 bits per heavy atom. The molecule has 1 aliphatic carbocycles. The molecule has 2 unspecified atom stereocenters. The largest absolute Gasteiger partial charge is 0.368 e. The maximum Gasteiger partial charge on any atom is 0.255 e. The number of halogens is 4. The van der Waals surface area contributed by atoms with E-state index in [-0.39, 0.29) is 36.3 Å². The molecule has 3 aliphatic rings. The number of carbonyl (C=O) groups excluding carboxylic acids is 1. The molecule has 2 aliphatic heterocycles. The molecule has 2 saturated heterocycles. The number of anilines is 1. The van der Waals surface area contributed by atoms with Crippen molar-refractivity contribution in [1.29, 1.82) is 0 Å². The Balaban J connectivity index is 1.50. The molecule has 11 heteroatoms. The molecule has 1 aromatic carbocycles. The monoisotopic (exact) mass is 508 g/mol. The predicted octanol–water partition coefficient (Wildman–Crippen LogP) is 3.16. The number of nitrogens with one attached hydrogen (secondary N) is 2. The van der Waals surface area contributed by atoms with Gasteiger partial charge in [-0.25, -0.2) is 17.6 Å². The lowest BCUT2D eigenvalue weighted by atomic mass is 9.77. The van der Waals surface area contributed by atoms with E-state index in [1.807, 2.05) is 4.90 Å². The van der Waals surface area contributed by atoms with Gasteiger partial charge in [-0.2, -0.15) is 0 Å². The van der Waals surface area contributed by atoms with E-state index >= 15 is 0 Å². The Labute approximate surface area is 205 Å². The Hall–Kier alpha value is -2.76. The van der Waals surface area contributed by atoms with Gasteiger partial charge in [0, 0.05) is 68.0 Å². The van der Waals surface area contributed by atoms with Crippen LogP contribution in [0.4, 0.5) is 23.2 Å². The first-order valence-corrected chi connectivity index (χ1v) is 12.0. The van der Waals surface area contributed by atoms with Crippen molar-refractivity contribution in [2.45, 2.75) is 62.4 Å². The molecule has 2 aromatic rings. The van der Waals surface area contributed by atoms with Crippen LogP contribution in [0.3, 0.4) is 0 Å². The number of carbonyl (C=O) groups is 1. The standard InChI is InChI=1S/C25H28F4N4O3/c1-14(16-9-24(28,29)10-16)31-22(34)20-12-30-11-19(15-6-17(26)8-18(27)7-15)21(20)33-5-4-23(13-33)2-3-25(35,36)32-23/h6-8,11-12,14,16,32,35-36H,2-5,9-10,13H2,1H3,(H,31,34). The van der Waals surface area contributed by atoms with Gasteiger partial charge in [0.2, 0.25) is 11.8 Å². The third kappa shape index (κ3) is 4.79. The van der Waals surface area contributed by atoms with E-state index in [1.165, 1.54) is 12.4 Å². The van der Waals surface area contributed by atoms with Gasteiger partial charge in [0.05, 0.1) is 11.3 Å². The molecule has 4 N–H and O–H groups in total. The minimum Gasteiger partial charge on any atom is -0.368 e. The van der Waals surface area contributed by atoms with Crippen molar-refractivity contribution in [3.63, 3.8) is 0 Å². The van der Waals surface area contributed by atoms with Crippen molar-refractivity contribution in [3.05, 3.63) is 47.8 Å². The summed E-state index contributed by atoms with van der Waals surface area (Å²) in [4.78, 5) is 19.4. The third-order valence-corrected chi connectivity index (χ3v) is 7.61. The smallest absolute Gasteiger partial charge is 0.255 e. The van der Waals surface area contributed by atoms with E-state index < -0.39 is 41.0 Å². The number of alkyl halides is 2. The topological polar surface area (TPSA) is 97.7 Å². The number of benzene rings is 1. The molecule has 3 fully saturated rings. The highest BCUT2D eigenvalue weighted by atomic mass is 19.3. The quantitative estimate of drug-likeness (QED) is 0.366. The molecule has 1 spiro atoms. The summed E-state index contributed by atoms with van der Waals surface area (Å²) < 4.78 is 54.9. The highest BCUT2D eigenvalue weighted by Gasteiger charge is 2.50. The van der Waals surface area contributed by atoms with Crippen LogP contribution in [0.25, 0.3) is 11.1 Å². The summed E-state index contributed by atoms with van der Waals surface area (Å²) >= 11 is 0. The molecule has 1 saturated carbocycles. The van der Waals surface area contributed by atoms with Crippen LogP contribution in [0.5, 0.6) is 0 Å². The van der Waals surface area contributed by atoms with Crippen molar-refractivity contribution in [3.8, 4) is 11.1 Å². The number of nitrogens with zero attached hydrogens (tertiary/aromatic N) is 2. The average Bonchev–Trinajstić information content (AvgIpc) is 3.32. The Bertz CT molecular complexity index is 1170. The number of aromatic nitrogens is 1. The molecular formula is C25H28F4N4O3. The first-order valence-electron chi connectivity index (χ1n) is 12.0. The fourth-order valence-electron chi connectivity index (χ4n) is 5.68. The highest BCUT2D eigenvalue weighted by molar-refractivity contribution is 6.03. The summed E-state index contributed by atoms with van der Waals surface area (Å²) in [5.74, 6) is -7.18. The van der Waals surface area contributed by atoms with Crippen molar-refractivity contribution in [2.24, 2.45) is 5.92 Å². The minimum atomic E-state index is -2.72. The van der Waals surface area contributed by atoms with Gasteiger partial charge >= 0.3 is 0 Å². The van der Waals surface area contributed by atoms with Gasteiger partial charge in [0.15, 0.2) is 0 Å². The summed E-state index contributed by atoms with van der Waals surface area (Å²) in [5.41, 5.74) is 0.444. The molecule has 36 heavy (non-hydrogen) atoms. The molecule has 7 nitrogen and oxygen atoms in total. The van der Waals surface area contributed by atoms with Gasteiger partial charge in [-0.1, -0.05) is 0 Å². The van der Waals surface area contributed by atoms with E-state index in [9.17, 15) is 32.6 Å². The van der Waals surface area contributed by atoms with Crippen molar-refractivity contribution >= 4 is 11.6 Å². The average molecular weight is 509 g/mol. The molecule has 5 rings (SSSR count). The molecule has 0 bridgehead atoms. The number of rotatable bonds is 5. The summed E-state index contributed by atoms with van der Waals surface area (Å²) in [7, 11) is 0. The maximum atomic E-state index is 14.1. The fourth-order valence-corrected chi connectivity index (χ4v) is 5.68. The SMILES string of the molecule is CC(NC(=O)c1cncc(-c2cc(F)cc(F)c2)c1N1CCC2(CCC(O)(O)N2)C1)C1CC(F)(F)C1. The fraction of sp³-hybridized carbons (Fsp3) is 0.520. The number of hydrogen-bond acceptors (Lipinski definition) is 6. The Morgan fingerprint density at radius 3 is 2.44 bits per heavy atom. The van der Waals surface area contributed by atoms with Crippen molar-refractivity contribution in [2.75, 3.05) is 18.0 Å². The van der Waals surface area contributed by atoms with Crippen LogP contribution < -0.4 is 15.5 Å². The van der Waals surface area contributed by atoms with Gasteiger partial charge in [-0.3, -0.25) is 15.1 Å². The predicted molar refractivity (Wildman–Crippen MR) is 123 cm³/mol. The van der Waals surface area contributed by atoms with E-state index in [2.05, 4.69) is 15.6 Å². The van der Waals surface area contributed by atoms with E-state index in [1.54, 1.807) is 6.92 Å². The summed E-state index contributed by atoms with van der Waals surface area (Å²) in [5, 5.41) is 25.7. The molecule has 1 amide bonds. The second kappa shape index (κ2) is 8.67. The summed E-state index contributed by atoms with van der Waals surface area (Å²) in [6, 6.07) is 2.54. The molecular weight excluding hydrogens is 480 g/mol. The van der Waals surface area contributed by atoms with Crippen LogP contribution >= 0.6 is 0 Å². The molecule has 0 radical (unpaired) electrons. The van der Waals surface area contributed by atoms with Gasteiger partial charge in [0.25, 0.3) is 5.91 Å². The number of aliphatic hydroxyl groups is 2. The second-order valence-corrected chi connectivity index (χ2v) is 10.4. The lowest BCUT2D eigenvalue weighted by Gasteiger charge is -2.39. The summed E-state index contributed by atoms with van der Waals surface area (Å²) in [6.07, 6.45) is 3.34. The highest BCUT2D eigenvalue weighted by Crippen LogP contribution is 2.45. The maximum absolute atomic E-state index is 14.1. The molecule has 2 atom stereocenters. The summed E-state index contributed by atoms with van der Waals surface area (Å²) in [6.45, 7) is 2.42. The number of amides is 1. The van der Waals surface area contributed by atoms with Crippen LogP contribution in [-0.2, 0) is 0 Å². The normalized spacial score (nSPS) is 25.7. The Kier molecular flexibility index (Phi) is 6.00. The van der Waals surface area contributed by atoms with E-state index in [0.29, 0.717) is 37.2 Å². The van der Waals surface area contributed by atoms with Crippen LogP contribution in [-0.4, -0.2) is 57.6 Å².